The summed E-state index contributed by atoms with van der Waals surface area (Å²) in [7, 11) is -3.59. The molecule has 31 heavy (non-hydrogen) atoms. The number of amides is 1. The molecule has 0 aliphatic heterocycles. The molecule has 0 bridgehead atoms. The lowest BCUT2D eigenvalue weighted by Gasteiger charge is -2.23. The molecule has 3 aromatic rings. The third-order valence-electron chi connectivity index (χ3n) is 4.40. The van der Waals surface area contributed by atoms with E-state index in [9.17, 15) is 18.3 Å². The standard InChI is InChI=1S/C22H20ClN3O4S/c1-31(29,30)26(15-18-7-2-4-8-20(18)23)19-12-10-16(11-13-19)22(28)25-24-14-17-6-3-5-9-21(17)27/h2-14,27H,15H2,1H3,(H,25,28)/b24-14-. The van der Waals surface area contributed by atoms with Crippen LogP contribution in [-0.4, -0.2) is 31.9 Å². The molecule has 160 valence electrons. The third-order valence-corrected chi connectivity index (χ3v) is 5.91. The van der Waals surface area contributed by atoms with Gasteiger partial charge in [-0.3, -0.25) is 9.10 Å². The number of hydrazone groups is 1. The van der Waals surface area contributed by atoms with E-state index in [1.807, 2.05) is 0 Å². The number of aromatic hydroxyl groups is 1. The molecule has 0 atom stereocenters. The number of hydrogen-bond donors (Lipinski definition) is 2. The first-order chi connectivity index (χ1) is 14.8. The van der Waals surface area contributed by atoms with Crippen molar-refractivity contribution in [3.05, 3.63) is 94.5 Å². The van der Waals surface area contributed by atoms with Gasteiger partial charge in [-0.2, -0.15) is 5.10 Å². The van der Waals surface area contributed by atoms with Crippen LogP contribution in [0, 0.1) is 0 Å². The Kier molecular flexibility index (Phi) is 6.94. The predicted molar refractivity (Wildman–Crippen MR) is 122 cm³/mol. The van der Waals surface area contributed by atoms with Crippen molar-refractivity contribution in [3.63, 3.8) is 0 Å². The number of carbonyl (C=O) groups is 1. The van der Waals surface area contributed by atoms with Crippen molar-refractivity contribution >= 4 is 39.4 Å². The Morgan fingerprint density at radius 3 is 2.35 bits per heavy atom. The van der Waals surface area contributed by atoms with E-state index >= 15 is 0 Å². The Labute approximate surface area is 185 Å². The van der Waals surface area contributed by atoms with Crippen LogP contribution in [0.15, 0.2) is 77.9 Å². The van der Waals surface area contributed by atoms with Crippen molar-refractivity contribution in [2.75, 3.05) is 10.6 Å². The van der Waals surface area contributed by atoms with Crippen molar-refractivity contribution in [2.45, 2.75) is 6.54 Å². The second-order valence-electron chi connectivity index (χ2n) is 6.67. The van der Waals surface area contributed by atoms with Gasteiger partial charge in [0, 0.05) is 16.1 Å². The zero-order chi connectivity index (χ0) is 22.4. The van der Waals surface area contributed by atoms with E-state index in [2.05, 4.69) is 10.5 Å². The molecule has 0 unspecified atom stereocenters. The smallest absolute Gasteiger partial charge is 0.271 e. The van der Waals surface area contributed by atoms with Crippen molar-refractivity contribution < 1.29 is 18.3 Å². The summed E-state index contributed by atoms with van der Waals surface area (Å²) in [6, 6.07) is 19.7. The molecule has 0 aromatic heterocycles. The topological polar surface area (TPSA) is 99.1 Å². The zero-order valence-corrected chi connectivity index (χ0v) is 18.1. The number of anilines is 1. The highest BCUT2D eigenvalue weighted by Crippen LogP contribution is 2.24. The fraction of sp³-hybridized carbons (Fsp3) is 0.0909. The van der Waals surface area contributed by atoms with Gasteiger partial charge in [-0.15, -0.1) is 0 Å². The Hall–Kier alpha value is -3.36. The van der Waals surface area contributed by atoms with Crippen LogP contribution in [0.3, 0.4) is 0 Å². The minimum Gasteiger partial charge on any atom is -0.507 e. The van der Waals surface area contributed by atoms with Crippen LogP contribution in [-0.2, 0) is 16.6 Å². The monoisotopic (exact) mass is 457 g/mol. The molecule has 9 heteroatoms. The maximum Gasteiger partial charge on any atom is 0.271 e. The van der Waals surface area contributed by atoms with Gasteiger partial charge in [-0.05, 0) is 48.0 Å². The van der Waals surface area contributed by atoms with Gasteiger partial charge in [0.15, 0.2) is 0 Å². The lowest BCUT2D eigenvalue weighted by atomic mass is 10.2. The summed E-state index contributed by atoms with van der Waals surface area (Å²) in [6.07, 6.45) is 2.44. The molecule has 0 aliphatic rings. The van der Waals surface area contributed by atoms with Gasteiger partial charge in [0.2, 0.25) is 10.0 Å². The minimum absolute atomic E-state index is 0.0456. The summed E-state index contributed by atoms with van der Waals surface area (Å²) >= 11 is 6.17. The molecule has 0 fully saturated rings. The molecule has 7 nitrogen and oxygen atoms in total. The van der Waals surface area contributed by atoms with Crippen LogP contribution in [0.1, 0.15) is 21.5 Å². The molecule has 0 spiro atoms. The normalized spacial score (nSPS) is 11.4. The predicted octanol–water partition coefficient (Wildman–Crippen LogP) is 3.78. The maximum atomic E-state index is 12.3. The molecule has 2 N–H and O–H groups in total. The summed E-state index contributed by atoms with van der Waals surface area (Å²) in [5, 5.41) is 14.0. The first-order valence-electron chi connectivity index (χ1n) is 9.18. The van der Waals surface area contributed by atoms with Crippen molar-refractivity contribution in [3.8, 4) is 5.75 Å². The van der Waals surface area contributed by atoms with Gasteiger partial charge in [-0.25, -0.2) is 13.8 Å². The fourth-order valence-corrected chi connectivity index (χ4v) is 3.86. The van der Waals surface area contributed by atoms with E-state index in [1.54, 1.807) is 54.6 Å². The molecule has 1 amide bonds. The summed E-state index contributed by atoms with van der Waals surface area (Å²) in [6.45, 7) is 0.0644. The number of sulfonamides is 1. The Morgan fingerprint density at radius 2 is 1.71 bits per heavy atom. The average Bonchev–Trinajstić information content (AvgIpc) is 2.74. The largest absolute Gasteiger partial charge is 0.507 e. The van der Waals surface area contributed by atoms with E-state index in [0.717, 1.165) is 6.26 Å². The van der Waals surface area contributed by atoms with E-state index in [-0.39, 0.29) is 12.3 Å². The van der Waals surface area contributed by atoms with Gasteiger partial charge >= 0.3 is 0 Å². The molecule has 0 saturated carbocycles. The highest BCUT2D eigenvalue weighted by Gasteiger charge is 2.19. The van der Waals surface area contributed by atoms with Gasteiger partial charge in [-0.1, -0.05) is 41.9 Å². The zero-order valence-electron chi connectivity index (χ0n) is 16.6. The van der Waals surface area contributed by atoms with E-state index in [1.165, 1.54) is 28.7 Å². The number of halogens is 1. The highest BCUT2D eigenvalue weighted by molar-refractivity contribution is 7.92. The molecule has 0 heterocycles. The molecular formula is C22H20ClN3O4S. The van der Waals surface area contributed by atoms with E-state index in [4.69, 9.17) is 11.6 Å². The number of phenols is 1. The lowest BCUT2D eigenvalue weighted by Crippen LogP contribution is -2.29. The van der Waals surface area contributed by atoms with Crippen molar-refractivity contribution in [2.24, 2.45) is 5.10 Å². The van der Waals surface area contributed by atoms with Gasteiger partial charge in [0.1, 0.15) is 5.75 Å². The maximum absolute atomic E-state index is 12.3. The Balaban J connectivity index is 1.74. The van der Waals surface area contributed by atoms with Gasteiger partial charge in [0.25, 0.3) is 5.91 Å². The van der Waals surface area contributed by atoms with Crippen LogP contribution in [0.5, 0.6) is 5.75 Å². The number of rotatable bonds is 7. The van der Waals surface area contributed by atoms with Crippen LogP contribution >= 0.6 is 11.6 Å². The van der Waals surface area contributed by atoms with Crippen molar-refractivity contribution in [1.29, 1.82) is 0 Å². The molecule has 0 aliphatic carbocycles. The van der Waals surface area contributed by atoms with E-state index < -0.39 is 15.9 Å². The summed E-state index contributed by atoms with van der Waals surface area (Å²) in [4.78, 5) is 12.3. The number of phenolic OH excluding ortho intramolecular Hbond substituents is 1. The fourth-order valence-electron chi connectivity index (χ4n) is 2.78. The molecule has 0 saturated heterocycles. The third kappa shape index (κ3) is 5.84. The second-order valence-corrected chi connectivity index (χ2v) is 8.98. The van der Waals surface area contributed by atoms with Gasteiger partial charge < -0.3 is 5.11 Å². The molecule has 3 aromatic carbocycles. The number of benzene rings is 3. The Morgan fingerprint density at radius 1 is 1.06 bits per heavy atom. The summed E-state index contributed by atoms with van der Waals surface area (Å²) in [5.41, 5.74) is 4.19. The SMILES string of the molecule is CS(=O)(=O)N(Cc1ccccc1Cl)c1ccc(C(=O)N/N=C\c2ccccc2O)cc1. The van der Waals surface area contributed by atoms with Crippen LogP contribution in [0.2, 0.25) is 5.02 Å². The number of carbonyl (C=O) groups excluding carboxylic acids is 1. The van der Waals surface area contributed by atoms with Gasteiger partial charge in [0.05, 0.1) is 24.7 Å². The first kappa shape index (κ1) is 22.3. The molecular weight excluding hydrogens is 438 g/mol. The average molecular weight is 458 g/mol. The Bertz CT molecular complexity index is 1210. The second kappa shape index (κ2) is 9.63. The van der Waals surface area contributed by atoms with Crippen LogP contribution < -0.4 is 9.73 Å². The van der Waals surface area contributed by atoms with Crippen molar-refractivity contribution in [1.82, 2.24) is 5.43 Å². The number of nitrogens with one attached hydrogen (secondary N) is 1. The van der Waals surface area contributed by atoms with Crippen LogP contribution in [0.25, 0.3) is 0 Å². The number of para-hydroxylation sites is 1. The minimum atomic E-state index is -3.59. The van der Waals surface area contributed by atoms with Crippen LogP contribution in [0.4, 0.5) is 5.69 Å². The summed E-state index contributed by atoms with van der Waals surface area (Å²) in [5.74, 6) is -0.431. The quantitative estimate of drug-likeness (QED) is 0.416. The lowest BCUT2D eigenvalue weighted by molar-refractivity contribution is 0.0955. The van der Waals surface area contributed by atoms with E-state index in [0.29, 0.717) is 27.4 Å². The molecule has 0 radical (unpaired) electrons. The first-order valence-corrected chi connectivity index (χ1v) is 11.4. The molecule has 3 rings (SSSR count). The summed E-state index contributed by atoms with van der Waals surface area (Å²) < 4.78 is 25.9. The number of nitrogens with zero attached hydrogens (tertiary/aromatic N) is 2. The number of hydrogen-bond acceptors (Lipinski definition) is 5. The highest BCUT2D eigenvalue weighted by atomic mass is 35.5.